The van der Waals surface area contributed by atoms with E-state index in [4.69, 9.17) is 4.99 Å². The van der Waals surface area contributed by atoms with Crippen molar-refractivity contribution in [2.24, 2.45) is 10.9 Å². The van der Waals surface area contributed by atoms with E-state index in [1.807, 2.05) is 11.8 Å². The molecule has 1 N–H and O–H groups in total. The standard InChI is InChI=1S/C15H21BrN2S/c1-10(2)7-14-9-19-15(18-14)17-11(3)12-5-4-6-13(16)8-12/h4-6,8,10-11,14H,7,9H2,1-3H3,(H,17,18). The van der Waals surface area contributed by atoms with Gasteiger partial charge in [-0.15, -0.1) is 0 Å². The first-order chi connectivity index (χ1) is 9.04. The molecule has 1 aliphatic rings. The van der Waals surface area contributed by atoms with Crippen molar-refractivity contribution in [2.45, 2.75) is 39.3 Å². The lowest BCUT2D eigenvalue weighted by molar-refractivity contribution is 0.528. The molecule has 0 aromatic heterocycles. The quantitative estimate of drug-likeness (QED) is 0.864. The Hall–Kier alpha value is -0.480. The molecule has 0 radical (unpaired) electrons. The van der Waals surface area contributed by atoms with Crippen molar-refractivity contribution in [3.8, 4) is 0 Å². The molecule has 0 bridgehead atoms. The third kappa shape index (κ3) is 4.53. The van der Waals surface area contributed by atoms with Crippen molar-refractivity contribution < 1.29 is 0 Å². The van der Waals surface area contributed by atoms with Crippen molar-refractivity contribution >= 4 is 32.9 Å². The van der Waals surface area contributed by atoms with Crippen molar-refractivity contribution in [2.75, 3.05) is 5.75 Å². The van der Waals surface area contributed by atoms with Crippen molar-refractivity contribution in [3.63, 3.8) is 0 Å². The molecule has 0 aliphatic carbocycles. The fraction of sp³-hybridized carbons (Fsp3) is 0.533. The second-order valence-electron chi connectivity index (χ2n) is 5.45. The average molecular weight is 341 g/mol. The van der Waals surface area contributed by atoms with Crippen LogP contribution in [0.25, 0.3) is 0 Å². The second-order valence-corrected chi connectivity index (χ2v) is 7.37. The van der Waals surface area contributed by atoms with Gasteiger partial charge in [0.25, 0.3) is 0 Å². The Bertz CT molecular complexity index is 459. The van der Waals surface area contributed by atoms with E-state index in [1.165, 1.54) is 12.0 Å². The summed E-state index contributed by atoms with van der Waals surface area (Å²) in [6, 6.07) is 9.21. The van der Waals surface area contributed by atoms with E-state index in [1.54, 1.807) is 0 Å². The normalized spacial score (nSPS) is 20.5. The van der Waals surface area contributed by atoms with Crippen LogP contribution in [0.3, 0.4) is 0 Å². The van der Waals surface area contributed by atoms with Gasteiger partial charge >= 0.3 is 0 Å². The Labute approximate surface area is 128 Å². The molecule has 1 heterocycles. The molecule has 2 unspecified atom stereocenters. The van der Waals surface area contributed by atoms with Crippen molar-refractivity contribution in [1.29, 1.82) is 0 Å². The zero-order chi connectivity index (χ0) is 13.8. The van der Waals surface area contributed by atoms with E-state index in [0.29, 0.717) is 12.1 Å². The van der Waals surface area contributed by atoms with E-state index < -0.39 is 0 Å². The maximum absolute atomic E-state index is 4.77. The van der Waals surface area contributed by atoms with Crippen LogP contribution in [0.5, 0.6) is 0 Å². The van der Waals surface area contributed by atoms with Crippen LogP contribution in [0.4, 0.5) is 0 Å². The molecule has 4 heteroatoms. The molecule has 1 aromatic rings. The molecule has 0 amide bonds. The number of hydrogen-bond acceptors (Lipinski definition) is 3. The van der Waals surface area contributed by atoms with Gasteiger partial charge in [0.05, 0.1) is 12.1 Å². The Kier molecular flexibility index (Phi) is 5.34. The van der Waals surface area contributed by atoms with Crippen molar-refractivity contribution in [3.05, 3.63) is 34.3 Å². The summed E-state index contributed by atoms with van der Waals surface area (Å²) in [6.45, 7) is 6.70. The van der Waals surface area contributed by atoms with E-state index >= 15 is 0 Å². The molecular formula is C15H21BrN2S. The topological polar surface area (TPSA) is 24.4 Å². The van der Waals surface area contributed by atoms with E-state index in [9.17, 15) is 0 Å². The Balaban J connectivity index is 1.94. The highest BCUT2D eigenvalue weighted by atomic mass is 79.9. The zero-order valence-electron chi connectivity index (χ0n) is 11.7. The van der Waals surface area contributed by atoms with Crippen LogP contribution in [-0.4, -0.2) is 17.0 Å². The van der Waals surface area contributed by atoms with Gasteiger partial charge in [-0.25, -0.2) is 0 Å². The second kappa shape index (κ2) is 6.80. The highest BCUT2D eigenvalue weighted by Gasteiger charge is 2.20. The summed E-state index contributed by atoms with van der Waals surface area (Å²) in [5.74, 6) is 1.84. The van der Waals surface area contributed by atoms with Crippen LogP contribution in [0.2, 0.25) is 0 Å². The molecule has 1 aromatic carbocycles. The van der Waals surface area contributed by atoms with Crippen LogP contribution in [0, 0.1) is 5.92 Å². The van der Waals surface area contributed by atoms with Gasteiger partial charge in [-0.3, -0.25) is 4.99 Å². The fourth-order valence-electron chi connectivity index (χ4n) is 2.20. The average Bonchev–Trinajstić information content (AvgIpc) is 2.75. The van der Waals surface area contributed by atoms with Crippen LogP contribution < -0.4 is 5.32 Å². The Morgan fingerprint density at radius 3 is 2.89 bits per heavy atom. The number of aliphatic imine (C=N–C) groups is 1. The minimum Gasteiger partial charge on any atom is -0.358 e. The van der Waals surface area contributed by atoms with Gasteiger partial charge in [0, 0.05) is 10.2 Å². The van der Waals surface area contributed by atoms with Gasteiger partial charge in [0.1, 0.15) is 0 Å². The largest absolute Gasteiger partial charge is 0.358 e. The number of thioether (sulfide) groups is 1. The lowest BCUT2D eigenvalue weighted by Crippen LogP contribution is -2.23. The van der Waals surface area contributed by atoms with E-state index in [0.717, 1.165) is 21.3 Å². The van der Waals surface area contributed by atoms with Gasteiger partial charge < -0.3 is 5.32 Å². The molecule has 2 rings (SSSR count). The number of rotatable bonds is 4. The van der Waals surface area contributed by atoms with Gasteiger partial charge in [-0.1, -0.05) is 53.7 Å². The summed E-state index contributed by atoms with van der Waals surface area (Å²) < 4.78 is 1.12. The van der Waals surface area contributed by atoms with Crippen LogP contribution >= 0.6 is 27.7 Å². The van der Waals surface area contributed by atoms with Gasteiger partial charge in [-0.2, -0.15) is 0 Å². The first-order valence-corrected chi connectivity index (χ1v) is 8.55. The highest BCUT2D eigenvalue weighted by molar-refractivity contribution is 9.10. The number of nitrogens with zero attached hydrogens (tertiary/aromatic N) is 1. The molecule has 104 valence electrons. The molecule has 2 atom stereocenters. The maximum Gasteiger partial charge on any atom is 0.157 e. The summed E-state index contributed by atoms with van der Waals surface area (Å²) in [6.07, 6.45) is 1.18. The van der Waals surface area contributed by atoms with Gasteiger partial charge in [-0.05, 0) is 37.0 Å². The predicted molar refractivity (Wildman–Crippen MR) is 88.8 cm³/mol. The van der Waals surface area contributed by atoms with Crippen LogP contribution in [0.15, 0.2) is 33.7 Å². The lowest BCUT2D eigenvalue weighted by Gasteiger charge is -2.15. The zero-order valence-corrected chi connectivity index (χ0v) is 14.1. The maximum atomic E-state index is 4.77. The minimum absolute atomic E-state index is 0.293. The van der Waals surface area contributed by atoms with E-state index in [2.05, 4.69) is 66.3 Å². The molecule has 0 saturated heterocycles. The SMILES string of the molecule is CC(C)CC1CSC(NC(C)c2cccc(Br)c2)=N1. The lowest BCUT2D eigenvalue weighted by atomic mass is 10.1. The molecule has 1 aliphatic heterocycles. The number of benzene rings is 1. The minimum atomic E-state index is 0.293. The summed E-state index contributed by atoms with van der Waals surface area (Å²) in [5.41, 5.74) is 1.28. The number of amidine groups is 1. The number of nitrogens with one attached hydrogen (secondary N) is 1. The van der Waals surface area contributed by atoms with Crippen molar-refractivity contribution in [1.82, 2.24) is 5.32 Å². The third-order valence-electron chi connectivity index (χ3n) is 3.14. The van der Waals surface area contributed by atoms with E-state index in [-0.39, 0.29) is 0 Å². The number of halogens is 1. The summed E-state index contributed by atoms with van der Waals surface area (Å²) in [7, 11) is 0. The van der Waals surface area contributed by atoms with Crippen LogP contribution in [-0.2, 0) is 0 Å². The molecular weight excluding hydrogens is 320 g/mol. The van der Waals surface area contributed by atoms with Crippen LogP contribution in [0.1, 0.15) is 38.8 Å². The predicted octanol–water partition coefficient (Wildman–Crippen LogP) is 4.62. The molecule has 0 saturated carbocycles. The summed E-state index contributed by atoms with van der Waals surface area (Å²) >= 11 is 5.36. The Morgan fingerprint density at radius 1 is 1.42 bits per heavy atom. The van der Waals surface area contributed by atoms with Gasteiger partial charge in [0.15, 0.2) is 5.17 Å². The van der Waals surface area contributed by atoms with Gasteiger partial charge in [0.2, 0.25) is 0 Å². The Morgan fingerprint density at radius 2 is 2.21 bits per heavy atom. The fourth-order valence-corrected chi connectivity index (χ4v) is 3.67. The monoisotopic (exact) mass is 340 g/mol. The molecule has 0 spiro atoms. The highest BCUT2D eigenvalue weighted by Crippen LogP contribution is 2.24. The third-order valence-corrected chi connectivity index (χ3v) is 4.69. The molecule has 19 heavy (non-hydrogen) atoms. The molecule has 2 nitrogen and oxygen atoms in total. The first kappa shape index (κ1) is 14.9. The molecule has 0 fully saturated rings. The first-order valence-electron chi connectivity index (χ1n) is 6.77. The number of hydrogen-bond donors (Lipinski definition) is 1. The summed E-state index contributed by atoms with van der Waals surface area (Å²) in [4.78, 5) is 4.77. The smallest absolute Gasteiger partial charge is 0.157 e. The summed E-state index contributed by atoms with van der Waals surface area (Å²) in [5, 5.41) is 4.61.